The minimum atomic E-state index is -0.986. The van der Waals surface area contributed by atoms with Crippen LogP contribution in [-0.4, -0.2) is 75.0 Å². The number of thiazole rings is 2. The van der Waals surface area contributed by atoms with Crippen LogP contribution < -0.4 is 27.0 Å². The van der Waals surface area contributed by atoms with E-state index >= 15 is 0 Å². The molecule has 244 valence electrons. The first-order valence-electron chi connectivity index (χ1n) is 15.0. The second-order valence-corrected chi connectivity index (χ2v) is 13.9. The van der Waals surface area contributed by atoms with Gasteiger partial charge in [-0.15, -0.1) is 22.7 Å². The van der Waals surface area contributed by atoms with E-state index < -0.39 is 59.6 Å². The van der Waals surface area contributed by atoms with Crippen LogP contribution in [0.25, 0.3) is 0 Å². The molecule has 4 heterocycles. The number of carbonyl (C=O) groups is 6. The molecule has 0 aromatic carbocycles. The molecule has 2 aliphatic heterocycles. The summed E-state index contributed by atoms with van der Waals surface area (Å²) >= 11 is 2.35. The topological polar surface area (TPSA) is 206 Å². The molecule has 45 heavy (non-hydrogen) atoms. The van der Waals surface area contributed by atoms with Crippen molar-refractivity contribution in [2.75, 3.05) is 6.54 Å². The zero-order chi connectivity index (χ0) is 32.8. The van der Waals surface area contributed by atoms with Crippen LogP contribution in [-0.2, 0) is 25.7 Å². The lowest BCUT2D eigenvalue weighted by molar-refractivity contribution is -0.134. The Morgan fingerprint density at radius 2 is 1.67 bits per heavy atom. The fraction of sp³-hybridized carbons (Fsp3) is 0.586. The van der Waals surface area contributed by atoms with Gasteiger partial charge in [-0.05, 0) is 37.5 Å². The van der Waals surface area contributed by atoms with Gasteiger partial charge in [-0.2, -0.15) is 0 Å². The first-order chi connectivity index (χ1) is 21.3. The highest BCUT2D eigenvalue weighted by Crippen LogP contribution is 2.25. The van der Waals surface area contributed by atoms with Crippen LogP contribution >= 0.6 is 22.7 Å². The Hall–Kier alpha value is -3.92. The predicted molar refractivity (Wildman–Crippen MR) is 167 cm³/mol. The van der Waals surface area contributed by atoms with Gasteiger partial charge in [0, 0.05) is 23.7 Å². The predicted octanol–water partition coefficient (Wildman–Crippen LogP) is 1.24. The van der Waals surface area contributed by atoms with Crippen LogP contribution in [0.15, 0.2) is 10.8 Å². The quantitative estimate of drug-likeness (QED) is 0.304. The lowest BCUT2D eigenvalue weighted by Gasteiger charge is -2.29. The van der Waals surface area contributed by atoms with Gasteiger partial charge in [0.15, 0.2) is 0 Å². The third kappa shape index (κ3) is 8.63. The summed E-state index contributed by atoms with van der Waals surface area (Å²) in [6, 6.07) is -3.47. The number of rotatable bonds is 6. The highest BCUT2D eigenvalue weighted by atomic mass is 32.1. The number of amides is 6. The van der Waals surface area contributed by atoms with Gasteiger partial charge in [0.25, 0.3) is 11.8 Å². The maximum atomic E-state index is 13.6. The number of hydrogen-bond acceptors (Lipinski definition) is 10. The van der Waals surface area contributed by atoms with Gasteiger partial charge in [-0.3, -0.25) is 28.8 Å². The minimum Gasteiger partial charge on any atom is -0.370 e. The third-order valence-corrected chi connectivity index (χ3v) is 9.43. The summed E-state index contributed by atoms with van der Waals surface area (Å²) in [7, 11) is 0. The number of aromatic nitrogens is 2. The van der Waals surface area contributed by atoms with Crippen molar-refractivity contribution in [1.29, 1.82) is 0 Å². The van der Waals surface area contributed by atoms with Gasteiger partial charge in [-0.25, -0.2) is 9.97 Å². The van der Waals surface area contributed by atoms with Crippen LogP contribution in [0, 0.1) is 11.8 Å². The summed E-state index contributed by atoms with van der Waals surface area (Å²) in [5.74, 6) is -3.25. The summed E-state index contributed by atoms with van der Waals surface area (Å²) in [6.07, 6.45) is 1.44. The lowest BCUT2D eigenvalue weighted by atomic mass is 9.99. The van der Waals surface area contributed by atoms with Gasteiger partial charge >= 0.3 is 0 Å². The third-order valence-electron chi connectivity index (χ3n) is 7.62. The zero-order valence-electron chi connectivity index (χ0n) is 25.8. The van der Waals surface area contributed by atoms with Gasteiger partial charge in [-0.1, -0.05) is 27.7 Å². The molecule has 1 saturated heterocycles. The first-order valence-corrected chi connectivity index (χ1v) is 16.8. The maximum absolute atomic E-state index is 13.6. The Bertz CT molecular complexity index is 1440. The molecule has 4 rings (SSSR count). The summed E-state index contributed by atoms with van der Waals surface area (Å²) in [5, 5.41) is 15.3. The molecule has 0 unspecified atom stereocenters. The molecule has 2 aliphatic rings. The molecule has 16 heteroatoms. The number of nitrogens with two attached hydrogens (primary N) is 1. The molecule has 0 aliphatic carbocycles. The summed E-state index contributed by atoms with van der Waals surface area (Å²) in [6.45, 7) is 7.80. The van der Waals surface area contributed by atoms with Gasteiger partial charge in [0.2, 0.25) is 23.6 Å². The van der Waals surface area contributed by atoms with E-state index in [1.54, 1.807) is 24.6 Å². The highest BCUT2D eigenvalue weighted by Gasteiger charge is 2.38. The Balaban J connectivity index is 1.69. The second kappa shape index (κ2) is 14.9. The van der Waals surface area contributed by atoms with Crippen molar-refractivity contribution in [1.82, 2.24) is 36.1 Å². The second-order valence-electron chi connectivity index (χ2n) is 12.0. The van der Waals surface area contributed by atoms with Gasteiger partial charge < -0.3 is 31.9 Å². The Kier molecular flexibility index (Phi) is 11.3. The largest absolute Gasteiger partial charge is 0.370 e. The Morgan fingerprint density at radius 1 is 0.956 bits per heavy atom. The van der Waals surface area contributed by atoms with Crippen LogP contribution in [0.3, 0.4) is 0 Å². The molecular weight excluding hydrogens is 621 g/mol. The van der Waals surface area contributed by atoms with Gasteiger partial charge in [0.1, 0.15) is 39.5 Å². The number of primary amides is 1. The van der Waals surface area contributed by atoms with E-state index in [1.165, 1.54) is 16.2 Å². The minimum absolute atomic E-state index is 0.0326. The lowest BCUT2D eigenvalue weighted by Crippen LogP contribution is -2.58. The van der Waals surface area contributed by atoms with E-state index in [0.29, 0.717) is 35.8 Å². The van der Waals surface area contributed by atoms with Gasteiger partial charge in [0.05, 0.1) is 12.6 Å². The summed E-state index contributed by atoms with van der Waals surface area (Å²) in [5.41, 5.74) is 5.67. The molecule has 6 N–H and O–H groups in total. The van der Waals surface area contributed by atoms with Crippen LogP contribution in [0.2, 0.25) is 0 Å². The fourth-order valence-corrected chi connectivity index (χ4v) is 6.88. The fourth-order valence-electron chi connectivity index (χ4n) is 5.28. The average molecular weight is 661 g/mol. The number of carbonyl (C=O) groups excluding carboxylic acids is 6. The Labute approximate surface area is 269 Å². The smallest absolute Gasteiger partial charge is 0.274 e. The molecule has 1 fully saturated rings. The molecule has 2 aromatic heterocycles. The van der Waals surface area contributed by atoms with E-state index in [2.05, 4.69) is 31.2 Å². The number of nitrogens with one attached hydrogen (secondary N) is 4. The number of fused-ring (bicyclic) bond motifs is 5. The molecule has 0 saturated carbocycles. The standard InChI is InChI=1S/C29H40N8O6S2/c1-14(2)10-17-25(40)36-23(15(3)4)27(42)33-16(7-8-21(30)38)28-35-18(12-45-28)24(39)31-11-22-32-19(13-44-22)29(43)37-9-5-6-20(37)26(41)34-17/h12-17,20,23H,5-11H2,1-4H3,(H2,30,38)(H,31,39)(H,33,42)(H,34,41)(H,36,40)/t16-,17-,20+,23+/m1/s1. The van der Waals surface area contributed by atoms with Crippen molar-refractivity contribution in [2.45, 2.75) is 90.5 Å². The molecule has 0 radical (unpaired) electrons. The number of nitrogens with zero attached hydrogens (tertiary/aromatic N) is 3. The monoisotopic (exact) mass is 660 g/mol. The maximum Gasteiger partial charge on any atom is 0.274 e. The molecule has 0 spiro atoms. The van der Waals surface area contributed by atoms with Crippen molar-refractivity contribution in [2.24, 2.45) is 17.6 Å². The van der Waals surface area contributed by atoms with E-state index in [1.807, 2.05) is 13.8 Å². The molecule has 14 nitrogen and oxygen atoms in total. The Morgan fingerprint density at radius 3 is 2.36 bits per heavy atom. The molecule has 6 amide bonds. The summed E-state index contributed by atoms with van der Waals surface area (Å²) in [4.78, 5) is 89.0. The number of hydrogen-bond donors (Lipinski definition) is 5. The van der Waals surface area contributed by atoms with Crippen molar-refractivity contribution in [3.63, 3.8) is 0 Å². The molecule has 4 bridgehead atoms. The van der Waals surface area contributed by atoms with Crippen LogP contribution in [0.5, 0.6) is 0 Å². The zero-order valence-corrected chi connectivity index (χ0v) is 27.4. The average Bonchev–Trinajstić information content (AvgIpc) is 3.76. The van der Waals surface area contributed by atoms with E-state index in [-0.39, 0.29) is 42.6 Å². The van der Waals surface area contributed by atoms with E-state index in [9.17, 15) is 28.8 Å². The molecular formula is C29H40N8O6S2. The van der Waals surface area contributed by atoms with E-state index in [0.717, 1.165) is 11.3 Å². The van der Waals surface area contributed by atoms with Crippen LogP contribution in [0.1, 0.15) is 96.8 Å². The summed E-state index contributed by atoms with van der Waals surface area (Å²) < 4.78 is 0. The molecule has 2 aromatic rings. The molecule has 4 atom stereocenters. The van der Waals surface area contributed by atoms with Crippen molar-refractivity contribution in [3.05, 3.63) is 32.2 Å². The van der Waals surface area contributed by atoms with Crippen molar-refractivity contribution in [3.8, 4) is 0 Å². The van der Waals surface area contributed by atoms with Crippen molar-refractivity contribution < 1.29 is 28.8 Å². The van der Waals surface area contributed by atoms with E-state index in [4.69, 9.17) is 5.73 Å². The van der Waals surface area contributed by atoms with Crippen molar-refractivity contribution >= 4 is 58.1 Å². The SMILES string of the molecule is CC(C)C[C@H]1NC(=O)[C@@H]2CCCN2C(=O)c2csc(n2)CNC(=O)c2csc(n2)[C@@H](CCC(N)=O)NC(=O)[C@H](C(C)C)NC1=O. The normalized spacial score (nSPS) is 23.6. The first kappa shape index (κ1) is 34.0. The van der Waals surface area contributed by atoms with Crippen LogP contribution in [0.4, 0.5) is 0 Å². The highest BCUT2D eigenvalue weighted by molar-refractivity contribution is 7.10.